The summed E-state index contributed by atoms with van der Waals surface area (Å²) >= 11 is 0. The Morgan fingerprint density at radius 1 is 1.17 bits per heavy atom. The summed E-state index contributed by atoms with van der Waals surface area (Å²) in [5.74, 6) is -0.168. The second-order valence-corrected chi connectivity index (χ2v) is 4.12. The van der Waals surface area contributed by atoms with Gasteiger partial charge in [-0.25, -0.2) is 0 Å². The van der Waals surface area contributed by atoms with Crippen LogP contribution in [0.25, 0.3) is 16.8 Å². The topological polar surface area (TPSA) is 26.3 Å². The lowest BCUT2D eigenvalue weighted by Gasteiger charge is -1.99. The molecule has 0 N–H and O–H groups in total. The maximum atomic E-state index is 10.9. The van der Waals surface area contributed by atoms with E-state index >= 15 is 0 Å². The summed E-state index contributed by atoms with van der Waals surface area (Å²) in [6, 6.07) is 14.6. The number of allylic oxidation sites excluding steroid dienone is 1. The van der Waals surface area contributed by atoms with Gasteiger partial charge in [-0.2, -0.15) is 0 Å². The van der Waals surface area contributed by atoms with E-state index in [1.807, 2.05) is 24.3 Å². The van der Waals surface area contributed by atoms with Crippen molar-refractivity contribution in [3.8, 4) is 0 Å². The molecular weight excluding hydrogens is 224 g/mol. The van der Waals surface area contributed by atoms with Crippen LogP contribution in [0.2, 0.25) is 0 Å². The average Bonchev–Trinajstić information content (AvgIpc) is 2.43. The van der Waals surface area contributed by atoms with Crippen LogP contribution >= 0.6 is 0 Å². The van der Waals surface area contributed by atoms with E-state index in [0.29, 0.717) is 12.8 Å². The summed E-state index contributed by atoms with van der Waals surface area (Å²) in [7, 11) is 1.41. The largest absolute Gasteiger partial charge is 0.469 e. The van der Waals surface area contributed by atoms with Gasteiger partial charge >= 0.3 is 5.97 Å². The molecule has 0 fully saturated rings. The Labute approximate surface area is 107 Å². The van der Waals surface area contributed by atoms with Crippen LogP contribution in [-0.2, 0) is 9.53 Å². The molecule has 0 unspecified atom stereocenters. The molecule has 0 aliphatic carbocycles. The zero-order chi connectivity index (χ0) is 12.8. The van der Waals surface area contributed by atoms with Gasteiger partial charge in [-0.3, -0.25) is 4.79 Å². The molecule has 0 saturated heterocycles. The molecule has 2 aromatic rings. The monoisotopic (exact) mass is 240 g/mol. The van der Waals surface area contributed by atoms with Crippen molar-refractivity contribution in [3.05, 3.63) is 54.1 Å². The molecule has 0 amide bonds. The minimum Gasteiger partial charge on any atom is -0.469 e. The van der Waals surface area contributed by atoms with E-state index in [9.17, 15) is 4.79 Å². The number of benzene rings is 2. The normalized spacial score (nSPS) is 10.9. The summed E-state index contributed by atoms with van der Waals surface area (Å²) < 4.78 is 4.59. The van der Waals surface area contributed by atoms with Crippen LogP contribution in [0.4, 0.5) is 0 Å². The lowest BCUT2D eigenvalue weighted by atomic mass is 10.1. The predicted molar refractivity (Wildman–Crippen MR) is 74.2 cm³/mol. The highest BCUT2D eigenvalue weighted by molar-refractivity contribution is 5.84. The number of carbonyl (C=O) groups excluding carboxylic acids is 1. The predicted octanol–water partition coefficient (Wildman–Crippen LogP) is 3.81. The molecule has 0 aromatic heterocycles. The molecule has 2 rings (SSSR count). The molecule has 18 heavy (non-hydrogen) atoms. The van der Waals surface area contributed by atoms with Crippen molar-refractivity contribution < 1.29 is 9.53 Å². The molecule has 0 bridgehead atoms. The molecule has 0 aliphatic rings. The first-order chi connectivity index (χ1) is 8.79. The molecular formula is C16H16O2. The number of hydrogen-bond acceptors (Lipinski definition) is 2. The number of ether oxygens (including phenoxy) is 1. The van der Waals surface area contributed by atoms with Crippen LogP contribution in [0, 0.1) is 0 Å². The Kier molecular flexibility index (Phi) is 4.13. The number of carbonyl (C=O) groups is 1. The van der Waals surface area contributed by atoms with E-state index in [2.05, 4.69) is 35.1 Å². The minimum absolute atomic E-state index is 0.168. The van der Waals surface area contributed by atoms with Gasteiger partial charge in [-0.1, -0.05) is 48.6 Å². The van der Waals surface area contributed by atoms with E-state index in [4.69, 9.17) is 0 Å². The lowest BCUT2D eigenvalue weighted by Crippen LogP contribution is -1.97. The quantitative estimate of drug-likeness (QED) is 0.760. The van der Waals surface area contributed by atoms with Crippen molar-refractivity contribution in [2.75, 3.05) is 7.11 Å². The molecule has 2 heteroatoms. The van der Waals surface area contributed by atoms with Crippen LogP contribution < -0.4 is 0 Å². The average molecular weight is 240 g/mol. The summed E-state index contributed by atoms with van der Waals surface area (Å²) in [6.45, 7) is 0. The first-order valence-electron chi connectivity index (χ1n) is 6.02. The highest BCUT2D eigenvalue weighted by Crippen LogP contribution is 2.16. The Bertz CT molecular complexity index is 570. The number of fused-ring (bicyclic) bond motifs is 1. The maximum absolute atomic E-state index is 10.9. The van der Waals surface area contributed by atoms with Crippen LogP contribution in [0.5, 0.6) is 0 Å². The lowest BCUT2D eigenvalue weighted by molar-refractivity contribution is -0.140. The molecule has 0 spiro atoms. The number of rotatable bonds is 4. The van der Waals surface area contributed by atoms with Crippen molar-refractivity contribution in [1.29, 1.82) is 0 Å². The van der Waals surface area contributed by atoms with Gasteiger partial charge < -0.3 is 4.74 Å². The van der Waals surface area contributed by atoms with Gasteiger partial charge in [0.05, 0.1) is 7.11 Å². The minimum atomic E-state index is -0.168. The zero-order valence-corrected chi connectivity index (χ0v) is 10.4. The van der Waals surface area contributed by atoms with Gasteiger partial charge in [-0.05, 0) is 28.8 Å². The second kappa shape index (κ2) is 6.01. The molecule has 0 radical (unpaired) electrons. The second-order valence-electron chi connectivity index (χ2n) is 4.12. The Balaban J connectivity index is 2.03. The first kappa shape index (κ1) is 12.4. The standard InChI is InChI=1S/C16H16O2/c1-18-16(17)9-5-2-6-13-10-11-14-7-3-4-8-15(14)12-13/h2-4,6-8,10-12H,5,9H2,1H3. The van der Waals surface area contributed by atoms with E-state index in [1.165, 1.54) is 17.9 Å². The summed E-state index contributed by atoms with van der Waals surface area (Å²) in [5, 5.41) is 2.47. The Hall–Kier alpha value is -2.09. The van der Waals surface area contributed by atoms with Crippen molar-refractivity contribution in [2.24, 2.45) is 0 Å². The van der Waals surface area contributed by atoms with Crippen molar-refractivity contribution in [1.82, 2.24) is 0 Å². The molecule has 0 atom stereocenters. The number of esters is 1. The summed E-state index contributed by atoms with van der Waals surface area (Å²) in [6.07, 6.45) is 5.18. The third-order valence-corrected chi connectivity index (χ3v) is 2.83. The number of methoxy groups -OCH3 is 1. The summed E-state index contributed by atoms with van der Waals surface area (Å²) in [5.41, 5.74) is 1.15. The van der Waals surface area contributed by atoms with Crippen LogP contribution in [-0.4, -0.2) is 13.1 Å². The van der Waals surface area contributed by atoms with E-state index in [0.717, 1.165) is 5.56 Å². The third kappa shape index (κ3) is 3.20. The molecule has 2 aromatic carbocycles. The zero-order valence-electron chi connectivity index (χ0n) is 10.4. The fourth-order valence-corrected chi connectivity index (χ4v) is 1.83. The third-order valence-electron chi connectivity index (χ3n) is 2.83. The summed E-state index contributed by atoms with van der Waals surface area (Å²) in [4.78, 5) is 10.9. The van der Waals surface area contributed by atoms with Gasteiger partial charge in [0.2, 0.25) is 0 Å². The molecule has 0 saturated carbocycles. The van der Waals surface area contributed by atoms with Crippen LogP contribution in [0.15, 0.2) is 48.5 Å². The molecule has 0 aliphatic heterocycles. The molecule has 2 nitrogen and oxygen atoms in total. The van der Waals surface area contributed by atoms with Crippen LogP contribution in [0.3, 0.4) is 0 Å². The smallest absolute Gasteiger partial charge is 0.305 e. The number of hydrogen-bond donors (Lipinski definition) is 0. The fourth-order valence-electron chi connectivity index (χ4n) is 1.83. The highest BCUT2D eigenvalue weighted by Gasteiger charge is 1.96. The SMILES string of the molecule is COC(=O)CCC=Cc1ccc2ccccc2c1. The fraction of sp³-hybridized carbons (Fsp3) is 0.188. The van der Waals surface area contributed by atoms with Gasteiger partial charge in [0.15, 0.2) is 0 Å². The van der Waals surface area contributed by atoms with Crippen molar-refractivity contribution in [2.45, 2.75) is 12.8 Å². The van der Waals surface area contributed by atoms with E-state index < -0.39 is 0 Å². The first-order valence-corrected chi connectivity index (χ1v) is 6.02. The van der Waals surface area contributed by atoms with Gasteiger partial charge in [0.25, 0.3) is 0 Å². The van der Waals surface area contributed by atoms with Gasteiger partial charge in [0.1, 0.15) is 0 Å². The van der Waals surface area contributed by atoms with Crippen molar-refractivity contribution in [3.63, 3.8) is 0 Å². The van der Waals surface area contributed by atoms with Crippen molar-refractivity contribution >= 4 is 22.8 Å². The Morgan fingerprint density at radius 2 is 1.94 bits per heavy atom. The van der Waals surface area contributed by atoms with Gasteiger partial charge in [0, 0.05) is 6.42 Å². The molecule has 92 valence electrons. The van der Waals surface area contributed by atoms with E-state index in [1.54, 1.807) is 0 Å². The van der Waals surface area contributed by atoms with E-state index in [-0.39, 0.29) is 5.97 Å². The van der Waals surface area contributed by atoms with Gasteiger partial charge in [-0.15, -0.1) is 0 Å². The Morgan fingerprint density at radius 3 is 2.72 bits per heavy atom. The molecule has 0 heterocycles. The van der Waals surface area contributed by atoms with Crippen LogP contribution in [0.1, 0.15) is 18.4 Å². The maximum Gasteiger partial charge on any atom is 0.305 e. The highest BCUT2D eigenvalue weighted by atomic mass is 16.5.